The predicted molar refractivity (Wildman–Crippen MR) is 132 cm³/mol. The number of benzene rings is 1. The van der Waals surface area contributed by atoms with Crippen molar-refractivity contribution in [3.8, 4) is 0 Å². The number of ether oxygens (including phenoxy) is 1. The molecule has 0 amide bonds. The van der Waals surface area contributed by atoms with Gasteiger partial charge in [0.25, 0.3) is 0 Å². The maximum absolute atomic E-state index is 12.4. The van der Waals surface area contributed by atoms with Crippen molar-refractivity contribution >= 4 is 29.0 Å². The molecule has 4 aliphatic rings. The lowest BCUT2D eigenvalue weighted by Gasteiger charge is -2.60. The Hall–Kier alpha value is -2.43. The summed E-state index contributed by atoms with van der Waals surface area (Å²) in [7, 11) is 0. The zero-order valence-corrected chi connectivity index (χ0v) is 20.6. The molecule has 1 heterocycles. The summed E-state index contributed by atoms with van der Waals surface area (Å²) in [4.78, 5) is 28.6. The fraction of sp³-hybridized carbons (Fsp3) is 0.621. The van der Waals surface area contributed by atoms with Crippen molar-refractivity contribution in [2.24, 2.45) is 34.5 Å². The summed E-state index contributed by atoms with van der Waals surface area (Å²) in [5.74, 6) is 2.33. The van der Waals surface area contributed by atoms with Crippen molar-refractivity contribution in [1.82, 2.24) is 9.55 Å². The molecule has 1 aromatic heterocycles. The second-order valence-corrected chi connectivity index (χ2v) is 11.9. The third-order valence-electron chi connectivity index (χ3n) is 10.5. The molecule has 34 heavy (non-hydrogen) atoms. The van der Waals surface area contributed by atoms with E-state index in [0.29, 0.717) is 29.1 Å². The first-order valence-electron chi connectivity index (χ1n) is 13.1. The van der Waals surface area contributed by atoms with Gasteiger partial charge in [0.15, 0.2) is 0 Å². The molecule has 0 spiro atoms. The molecule has 1 aromatic carbocycles. The molecule has 3 fully saturated rings. The highest BCUT2D eigenvalue weighted by molar-refractivity contribution is 5.90. The number of nitrogens with zero attached hydrogens (tertiary/aromatic N) is 2. The molecule has 0 bridgehead atoms. The summed E-state index contributed by atoms with van der Waals surface area (Å²) in [6.07, 6.45) is 12.0. The number of hydrogen-bond donors (Lipinski definition) is 0. The first-order chi connectivity index (χ1) is 16.3. The maximum atomic E-state index is 12.4. The Morgan fingerprint density at radius 2 is 1.94 bits per heavy atom. The highest BCUT2D eigenvalue weighted by atomic mass is 16.5. The van der Waals surface area contributed by atoms with Crippen molar-refractivity contribution in [1.29, 1.82) is 0 Å². The molecule has 6 rings (SSSR count). The van der Waals surface area contributed by atoms with Crippen molar-refractivity contribution in [2.45, 2.75) is 78.2 Å². The number of imidazole rings is 1. The van der Waals surface area contributed by atoms with E-state index in [0.717, 1.165) is 55.0 Å². The molecule has 4 aliphatic carbocycles. The summed E-state index contributed by atoms with van der Waals surface area (Å²) in [6.45, 7) is 6.47. The molecule has 0 aliphatic heterocycles. The number of fused-ring (bicyclic) bond motifs is 6. The Bertz CT molecular complexity index is 1180. The monoisotopic (exact) mass is 460 g/mol. The van der Waals surface area contributed by atoms with Gasteiger partial charge >= 0.3 is 5.97 Å². The number of carbonyl (C=O) groups excluding carboxylic acids is 2. The van der Waals surface area contributed by atoms with E-state index in [1.54, 1.807) is 0 Å². The zero-order chi connectivity index (χ0) is 23.7. The largest absolute Gasteiger partial charge is 0.463 e. The summed E-state index contributed by atoms with van der Waals surface area (Å²) < 4.78 is 7.85. The minimum atomic E-state index is -0.145. The molecule has 0 N–H and O–H groups in total. The van der Waals surface area contributed by atoms with Crippen LogP contribution in [0.5, 0.6) is 0 Å². The van der Waals surface area contributed by atoms with Crippen LogP contribution < -0.4 is 0 Å². The van der Waals surface area contributed by atoms with E-state index in [4.69, 9.17) is 4.74 Å². The number of para-hydroxylation sites is 2. The SMILES string of the molecule is CC(=O)O[C@@H]1CC[C@]2(C)C3CC[C@]4(C)C(n5cnc6ccccc65)=C(C=O)CC4C3CC[C@@H]2C1. The van der Waals surface area contributed by atoms with Gasteiger partial charge in [0.05, 0.1) is 11.0 Å². The van der Waals surface area contributed by atoms with Gasteiger partial charge in [-0.1, -0.05) is 26.0 Å². The number of aromatic nitrogens is 2. The Morgan fingerprint density at radius 3 is 2.74 bits per heavy atom. The van der Waals surface area contributed by atoms with Crippen LogP contribution in [0.3, 0.4) is 0 Å². The van der Waals surface area contributed by atoms with Crippen LogP contribution in [0.4, 0.5) is 0 Å². The summed E-state index contributed by atoms with van der Waals surface area (Å²) in [5, 5.41) is 0. The van der Waals surface area contributed by atoms with Crippen molar-refractivity contribution in [2.75, 3.05) is 0 Å². The average molecular weight is 461 g/mol. The van der Waals surface area contributed by atoms with Gasteiger partial charge in [-0.2, -0.15) is 0 Å². The highest BCUT2D eigenvalue weighted by Gasteiger charge is 2.60. The molecule has 5 nitrogen and oxygen atoms in total. The Balaban J connectivity index is 1.32. The summed E-state index contributed by atoms with van der Waals surface area (Å²) in [5.41, 5.74) is 4.57. The van der Waals surface area contributed by atoms with Gasteiger partial charge in [-0.3, -0.25) is 9.59 Å². The molecular weight excluding hydrogens is 424 g/mol. The van der Waals surface area contributed by atoms with Crippen LogP contribution in [0.15, 0.2) is 36.2 Å². The Morgan fingerprint density at radius 1 is 1.12 bits per heavy atom. The number of rotatable bonds is 3. The smallest absolute Gasteiger partial charge is 0.302 e. The Labute approximate surface area is 202 Å². The van der Waals surface area contributed by atoms with E-state index < -0.39 is 0 Å². The number of esters is 1. The molecule has 7 atom stereocenters. The quantitative estimate of drug-likeness (QED) is 0.414. The van der Waals surface area contributed by atoms with Crippen LogP contribution in [-0.2, 0) is 14.3 Å². The van der Waals surface area contributed by atoms with Gasteiger partial charge in [0.1, 0.15) is 18.7 Å². The van der Waals surface area contributed by atoms with E-state index in [-0.39, 0.29) is 17.5 Å². The third kappa shape index (κ3) is 3.08. The van der Waals surface area contributed by atoms with Crippen molar-refractivity contribution in [3.05, 3.63) is 36.2 Å². The fourth-order valence-corrected chi connectivity index (χ4v) is 8.92. The molecular formula is C29H36N2O3. The van der Waals surface area contributed by atoms with E-state index >= 15 is 0 Å². The maximum Gasteiger partial charge on any atom is 0.302 e. The van der Waals surface area contributed by atoms with Crippen LogP contribution in [0.25, 0.3) is 16.7 Å². The topological polar surface area (TPSA) is 61.2 Å². The van der Waals surface area contributed by atoms with Gasteiger partial charge in [-0.15, -0.1) is 0 Å². The first kappa shape index (κ1) is 22.1. The second kappa shape index (κ2) is 7.79. The second-order valence-electron chi connectivity index (χ2n) is 11.9. The third-order valence-corrected chi connectivity index (χ3v) is 10.5. The van der Waals surface area contributed by atoms with Crippen LogP contribution >= 0.6 is 0 Å². The average Bonchev–Trinajstić information content (AvgIpc) is 3.36. The number of carbonyl (C=O) groups is 2. The number of aldehydes is 1. The lowest BCUT2D eigenvalue weighted by molar-refractivity contribution is -0.158. The number of hydrogen-bond acceptors (Lipinski definition) is 4. The van der Waals surface area contributed by atoms with Gasteiger partial charge in [-0.25, -0.2) is 4.98 Å². The van der Waals surface area contributed by atoms with E-state index in [1.807, 2.05) is 18.5 Å². The van der Waals surface area contributed by atoms with Crippen LogP contribution in [0.1, 0.15) is 72.1 Å². The zero-order valence-electron chi connectivity index (χ0n) is 20.6. The minimum absolute atomic E-state index is 0.000971. The van der Waals surface area contributed by atoms with E-state index in [9.17, 15) is 9.59 Å². The van der Waals surface area contributed by atoms with Crippen LogP contribution in [0.2, 0.25) is 0 Å². The van der Waals surface area contributed by atoms with Gasteiger partial charge in [-0.05, 0) is 92.6 Å². The fourth-order valence-electron chi connectivity index (χ4n) is 8.92. The van der Waals surface area contributed by atoms with Crippen molar-refractivity contribution in [3.63, 3.8) is 0 Å². The lowest BCUT2D eigenvalue weighted by Crippen LogP contribution is -2.54. The normalized spacial score (nSPS) is 39.3. The highest BCUT2D eigenvalue weighted by Crippen LogP contribution is 2.68. The molecule has 5 heteroatoms. The van der Waals surface area contributed by atoms with Gasteiger partial charge < -0.3 is 9.30 Å². The van der Waals surface area contributed by atoms with E-state index in [1.165, 1.54) is 31.9 Å². The Kier molecular flexibility index (Phi) is 5.06. The molecule has 3 unspecified atom stereocenters. The standard InChI is InChI=1S/C29H36N2O3/c1-18(33)34-21-10-12-28(2)20(15-21)8-9-22-23(28)11-13-29(3)24(22)14-19(16-32)27(29)31-17-30-25-6-4-5-7-26(25)31/h4-7,16-17,20-24H,8-15H2,1-3H3/t20-,21-,22?,23?,24?,28+,29+/m1/s1. The first-order valence-corrected chi connectivity index (χ1v) is 13.1. The van der Waals surface area contributed by atoms with E-state index in [2.05, 4.69) is 35.5 Å². The molecule has 2 aromatic rings. The molecule has 0 saturated heterocycles. The minimum Gasteiger partial charge on any atom is -0.463 e. The van der Waals surface area contributed by atoms with Crippen LogP contribution in [-0.4, -0.2) is 27.9 Å². The lowest BCUT2D eigenvalue weighted by atomic mass is 9.45. The van der Waals surface area contributed by atoms with Crippen molar-refractivity contribution < 1.29 is 14.3 Å². The van der Waals surface area contributed by atoms with Crippen LogP contribution in [0, 0.1) is 34.5 Å². The molecule has 3 saturated carbocycles. The molecule has 180 valence electrons. The summed E-state index contributed by atoms with van der Waals surface area (Å²) >= 11 is 0. The summed E-state index contributed by atoms with van der Waals surface area (Å²) in [6, 6.07) is 8.25. The van der Waals surface area contributed by atoms with Gasteiger partial charge in [0, 0.05) is 23.6 Å². The predicted octanol–water partition coefficient (Wildman–Crippen LogP) is 6.03. The number of allylic oxidation sites excluding steroid dienone is 2. The van der Waals surface area contributed by atoms with Gasteiger partial charge in [0.2, 0.25) is 0 Å². The molecule has 0 radical (unpaired) electrons.